The average molecular weight is 413 g/mol. The van der Waals surface area contributed by atoms with Crippen molar-refractivity contribution in [1.29, 1.82) is 0 Å². The molecule has 3 aromatic rings. The van der Waals surface area contributed by atoms with E-state index in [-0.39, 0.29) is 17.8 Å². The van der Waals surface area contributed by atoms with Crippen LogP contribution in [0.1, 0.15) is 13.8 Å². The van der Waals surface area contributed by atoms with Gasteiger partial charge in [0.1, 0.15) is 0 Å². The molecule has 2 aromatic carbocycles. The number of aromatic nitrogens is 3. The monoisotopic (exact) mass is 413 g/mol. The van der Waals surface area contributed by atoms with Crippen molar-refractivity contribution in [3.05, 3.63) is 48.5 Å². The van der Waals surface area contributed by atoms with Crippen molar-refractivity contribution in [3.63, 3.8) is 0 Å². The van der Waals surface area contributed by atoms with Crippen LogP contribution >= 0.6 is 11.8 Å². The van der Waals surface area contributed by atoms with Gasteiger partial charge in [-0.2, -0.15) is 0 Å². The predicted molar refractivity (Wildman–Crippen MR) is 112 cm³/mol. The van der Waals surface area contributed by atoms with Crippen molar-refractivity contribution in [2.24, 2.45) is 0 Å². The van der Waals surface area contributed by atoms with Crippen molar-refractivity contribution in [2.75, 3.05) is 20.0 Å². The molecule has 0 radical (unpaired) electrons. The first-order valence-electron chi connectivity index (χ1n) is 9.09. The number of hydrogen-bond acceptors (Lipinski definition) is 7. The minimum atomic E-state index is -0.298. The van der Waals surface area contributed by atoms with Crippen molar-refractivity contribution >= 4 is 17.7 Å². The molecule has 0 N–H and O–H groups in total. The molecule has 152 valence electrons. The number of rotatable bonds is 8. The zero-order valence-corrected chi connectivity index (χ0v) is 17.6. The van der Waals surface area contributed by atoms with Gasteiger partial charge in [-0.15, -0.1) is 10.2 Å². The summed E-state index contributed by atoms with van der Waals surface area (Å²) in [6.07, 6.45) is -0.160. The largest absolute Gasteiger partial charge is 0.493 e. The van der Waals surface area contributed by atoms with Gasteiger partial charge < -0.3 is 14.2 Å². The third-order valence-corrected chi connectivity index (χ3v) is 4.88. The van der Waals surface area contributed by atoms with E-state index in [9.17, 15) is 4.79 Å². The molecule has 0 unspecified atom stereocenters. The Labute approximate surface area is 174 Å². The molecule has 8 heteroatoms. The van der Waals surface area contributed by atoms with Crippen LogP contribution in [0.25, 0.3) is 17.1 Å². The zero-order valence-electron chi connectivity index (χ0n) is 16.8. The number of benzene rings is 2. The van der Waals surface area contributed by atoms with E-state index in [1.54, 1.807) is 14.2 Å². The van der Waals surface area contributed by atoms with Crippen LogP contribution in [0, 0.1) is 0 Å². The average Bonchev–Trinajstić information content (AvgIpc) is 3.15. The van der Waals surface area contributed by atoms with Crippen molar-refractivity contribution < 1.29 is 19.0 Å². The Balaban J connectivity index is 2.02. The summed E-state index contributed by atoms with van der Waals surface area (Å²) < 4.78 is 17.9. The van der Waals surface area contributed by atoms with E-state index in [1.165, 1.54) is 11.8 Å². The molecule has 0 fully saturated rings. The highest BCUT2D eigenvalue weighted by molar-refractivity contribution is 7.99. The highest BCUT2D eigenvalue weighted by atomic mass is 32.2. The molecule has 7 nitrogen and oxygen atoms in total. The van der Waals surface area contributed by atoms with Gasteiger partial charge >= 0.3 is 5.97 Å². The first-order chi connectivity index (χ1) is 14.0. The SMILES string of the molecule is COc1ccc(-n2c(SCC(=O)OC(C)C)nnc2-c2ccccc2)cc1OC. The molecule has 0 bridgehead atoms. The van der Waals surface area contributed by atoms with E-state index in [2.05, 4.69) is 10.2 Å². The number of carbonyl (C=O) groups excluding carboxylic acids is 1. The molecular formula is C21H23N3O4S. The van der Waals surface area contributed by atoms with Crippen molar-refractivity contribution in [3.8, 4) is 28.6 Å². The standard InChI is InChI=1S/C21H23N3O4S/c1-14(2)28-19(25)13-29-21-23-22-20(15-8-6-5-7-9-15)24(21)16-10-11-17(26-3)18(12-16)27-4/h5-12,14H,13H2,1-4H3. The Morgan fingerprint density at radius 3 is 2.41 bits per heavy atom. The topological polar surface area (TPSA) is 75.5 Å². The minimum Gasteiger partial charge on any atom is -0.493 e. The second-order valence-electron chi connectivity index (χ2n) is 6.37. The summed E-state index contributed by atoms with van der Waals surface area (Å²) in [6, 6.07) is 15.3. The van der Waals surface area contributed by atoms with E-state index in [0.717, 1.165) is 11.3 Å². The Morgan fingerprint density at radius 2 is 1.76 bits per heavy atom. The number of nitrogens with zero attached hydrogens (tertiary/aromatic N) is 3. The van der Waals surface area contributed by atoms with E-state index >= 15 is 0 Å². The van der Waals surface area contributed by atoms with Crippen LogP contribution in [0.4, 0.5) is 0 Å². The van der Waals surface area contributed by atoms with Gasteiger partial charge in [-0.1, -0.05) is 42.1 Å². The molecule has 0 atom stereocenters. The highest BCUT2D eigenvalue weighted by Gasteiger charge is 2.19. The fourth-order valence-corrected chi connectivity index (χ4v) is 3.49. The molecule has 0 spiro atoms. The Kier molecular flexibility index (Phi) is 6.77. The summed E-state index contributed by atoms with van der Waals surface area (Å²) in [5.41, 5.74) is 1.71. The van der Waals surface area contributed by atoms with Crippen molar-refractivity contribution in [2.45, 2.75) is 25.1 Å². The molecule has 0 saturated heterocycles. The molecule has 0 aliphatic carbocycles. The summed E-state index contributed by atoms with van der Waals surface area (Å²) in [4.78, 5) is 12.0. The molecule has 0 aliphatic heterocycles. The summed E-state index contributed by atoms with van der Waals surface area (Å²) in [7, 11) is 3.18. The van der Waals surface area contributed by atoms with E-state index in [1.807, 2.05) is 66.9 Å². The van der Waals surface area contributed by atoms with Gasteiger partial charge in [0.2, 0.25) is 0 Å². The van der Waals surface area contributed by atoms with Gasteiger partial charge in [-0.05, 0) is 26.0 Å². The van der Waals surface area contributed by atoms with Gasteiger partial charge in [0.25, 0.3) is 0 Å². The maximum Gasteiger partial charge on any atom is 0.316 e. The zero-order chi connectivity index (χ0) is 20.8. The summed E-state index contributed by atoms with van der Waals surface area (Å²) in [5, 5.41) is 9.26. The molecule has 1 heterocycles. The lowest BCUT2D eigenvalue weighted by Gasteiger charge is -2.14. The minimum absolute atomic E-state index is 0.137. The van der Waals surface area contributed by atoms with E-state index in [0.29, 0.717) is 22.5 Å². The fourth-order valence-electron chi connectivity index (χ4n) is 2.75. The lowest BCUT2D eigenvalue weighted by atomic mass is 10.2. The third-order valence-electron chi connectivity index (χ3n) is 3.98. The first kappa shape index (κ1) is 20.7. The Morgan fingerprint density at radius 1 is 1.03 bits per heavy atom. The maximum atomic E-state index is 12.0. The van der Waals surface area contributed by atoms with Crippen LogP contribution < -0.4 is 9.47 Å². The van der Waals surface area contributed by atoms with Gasteiger partial charge in [0.15, 0.2) is 22.5 Å². The molecule has 0 saturated carbocycles. The number of hydrogen-bond donors (Lipinski definition) is 0. The Hall–Kier alpha value is -3.00. The number of esters is 1. The summed E-state index contributed by atoms with van der Waals surface area (Å²) in [6.45, 7) is 3.64. The summed E-state index contributed by atoms with van der Waals surface area (Å²) in [5.74, 6) is 1.72. The van der Waals surface area contributed by atoms with E-state index in [4.69, 9.17) is 14.2 Å². The van der Waals surface area contributed by atoms with Crippen LogP contribution in [0.2, 0.25) is 0 Å². The lowest BCUT2D eigenvalue weighted by molar-refractivity contribution is -0.144. The van der Waals surface area contributed by atoms with Gasteiger partial charge in [0.05, 0.1) is 31.8 Å². The van der Waals surface area contributed by atoms with Crippen LogP contribution in [-0.4, -0.2) is 46.8 Å². The number of carbonyl (C=O) groups is 1. The predicted octanol–water partition coefficient (Wildman–Crippen LogP) is 4.00. The molecule has 3 rings (SSSR count). The van der Waals surface area contributed by atoms with E-state index < -0.39 is 0 Å². The third kappa shape index (κ3) is 4.89. The molecule has 1 aromatic heterocycles. The van der Waals surface area contributed by atoms with Gasteiger partial charge in [-0.3, -0.25) is 9.36 Å². The molecule has 0 aliphatic rings. The lowest BCUT2D eigenvalue weighted by Crippen LogP contribution is -2.13. The van der Waals surface area contributed by atoms with Gasteiger partial charge in [0, 0.05) is 11.6 Å². The van der Waals surface area contributed by atoms with Crippen LogP contribution in [-0.2, 0) is 9.53 Å². The molecular weight excluding hydrogens is 390 g/mol. The van der Waals surface area contributed by atoms with Crippen LogP contribution in [0.15, 0.2) is 53.7 Å². The molecule has 0 amide bonds. The number of methoxy groups -OCH3 is 2. The quantitative estimate of drug-likeness (QED) is 0.408. The maximum absolute atomic E-state index is 12.0. The first-order valence-corrected chi connectivity index (χ1v) is 10.1. The second-order valence-corrected chi connectivity index (χ2v) is 7.32. The van der Waals surface area contributed by atoms with Crippen LogP contribution in [0.3, 0.4) is 0 Å². The number of thioether (sulfide) groups is 1. The smallest absolute Gasteiger partial charge is 0.316 e. The molecule has 29 heavy (non-hydrogen) atoms. The normalized spacial score (nSPS) is 10.8. The van der Waals surface area contributed by atoms with Crippen LogP contribution in [0.5, 0.6) is 11.5 Å². The fraction of sp³-hybridized carbons (Fsp3) is 0.286. The highest BCUT2D eigenvalue weighted by Crippen LogP contribution is 2.33. The summed E-state index contributed by atoms with van der Waals surface area (Å²) >= 11 is 1.27. The Bertz CT molecular complexity index is 973. The van der Waals surface area contributed by atoms with Gasteiger partial charge in [-0.25, -0.2) is 0 Å². The number of ether oxygens (including phenoxy) is 3. The van der Waals surface area contributed by atoms with Crippen molar-refractivity contribution in [1.82, 2.24) is 14.8 Å². The second kappa shape index (κ2) is 9.47.